The molecule has 0 radical (unpaired) electrons. The van der Waals surface area contributed by atoms with E-state index in [1.807, 2.05) is 35.6 Å². The summed E-state index contributed by atoms with van der Waals surface area (Å²) in [4.78, 5) is 15.3. The Labute approximate surface area is 122 Å². The number of nitrogen functional groups attached to an aromatic ring is 1. The second-order valence-corrected chi connectivity index (χ2v) is 6.00. The molecule has 0 saturated heterocycles. The maximum Gasteiger partial charge on any atom is 0.265 e. The van der Waals surface area contributed by atoms with E-state index in [4.69, 9.17) is 5.84 Å². The molecule has 1 aliphatic heterocycles. The molecule has 4 nitrogen and oxygen atoms in total. The van der Waals surface area contributed by atoms with Crippen molar-refractivity contribution in [3.05, 3.63) is 57.3 Å². The van der Waals surface area contributed by atoms with E-state index in [9.17, 15) is 4.79 Å². The highest BCUT2D eigenvalue weighted by atomic mass is 32.1. The van der Waals surface area contributed by atoms with Crippen LogP contribution in [0, 0.1) is 0 Å². The van der Waals surface area contributed by atoms with Gasteiger partial charge in [0.25, 0.3) is 5.91 Å². The molecule has 0 bridgehead atoms. The van der Waals surface area contributed by atoms with Gasteiger partial charge in [-0.25, -0.2) is 5.84 Å². The molecule has 3 rings (SSSR count). The Kier molecular flexibility index (Phi) is 3.82. The number of carbonyl (C=O) groups excluding carboxylic acids is 1. The second-order valence-electron chi connectivity index (χ2n) is 5.00. The van der Waals surface area contributed by atoms with E-state index in [2.05, 4.69) is 21.8 Å². The maximum absolute atomic E-state index is 11.4. The van der Waals surface area contributed by atoms with Crippen molar-refractivity contribution in [2.24, 2.45) is 5.84 Å². The van der Waals surface area contributed by atoms with Crippen LogP contribution in [0.25, 0.3) is 0 Å². The van der Waals surface area contributed by atoms with E-state index in [0.717, 1.165) is 26.1 Å². The highest BCUT2D eigenvalue weighted by Gasteiger charge is 2.17. The Balaban J connectivity index is 1.65. The Morgan fingerprint density at radius 3 is 2.85 bits per heavy atom. The number of nitrogens with two attached hydrogens (primary N) is 1. The van der Waals surface area contributed by atoms with Crippen LogP contribution < -0.4 is 11.3 Å². The summed E-state index contributed by atoms with van der Waals surface area (Å²) in [6, 6.07) is 9.84. The van der Waals surface area contributed by atoms with Crippen molar-refractivity contribution in [1.29, 1.82) is 0 Å². The number of hydrogen-bond donors (Lipinski definition) is 2. The van der Waals surface area contributed by atoms with Gasteiger partial charge in [0, 0.05) is 30.1 Å². The lowest BCUT2D eigenvalue weighted by Crippen LogP contribution is -2.30. The number of rotatable bonds is 3. The molecule has 0 atom stereocenters. The van der Waals surface area contributed by atoms with Gasteiger partial charge in [0.05, 0.1) is 0 Å². The van der Waals surface area contributed by atoms with Crippen molar-refractivity contribution in [3.63, 3.8) is 0 Å². The first-order chi connectivity index (χ1) is 9.76. The average Bonchev–Trinajstić information content (AvgIpc) is 2.95. The highest BCUT2D eigenvalue weighted by molar-refractivity contribution is 7.10. The van der Waals surface area contributed by atoms with Gasteiger partial charge in [-0.3, -0.25) is 15.1 Å². The Bertz CT molecular complexity index is 606. The number of fused-ring (bicyclic) bond motifs is 1. The standard InChI is InChI=1S/C15H17N3OS/c16-17-15(19)12-3-1-11(2-4-12)9-18-7-5-14-13(10-18)6-8-20-14/h1-4,6,8H,5,7,9-10,16H2,(H,17,19). The number of hydrazine groups is 1. The number of thiophene rings is 1. The van der Waals surface area contributed by atoms with Crippen LogP contribution in [0.3, 0.4) is 0 Å². The second kappa shape index (κ2) is 5.75. The number of carbonyl (C=O) groups is 1. The number of amides is 1. The fraction of sp³-hybridized carbons (Fsp3) is 0.267. The van der Waals surface area contributed by atoms with Crippen molar-refractivity contribution in [2.45, 2.75) is 19.5 Å². The number of nitrogens with zero attached hydrogens (tertiary/aromatic N) is 1. The largest absolute Gasteiger partial charge is 0.294 e. The predicted molar refractivity (Wildman–Crippen MR) is 80.2 cm³/mol. The van der Waals surface area contributed by atoms with Gasteiger partial charge in [-0.05, 0) is 41.1 Å². The average molecular weight is 287 g/mol. The van der Waals surface area contributed by atoms with E-state index in [-0.39, 0.29) is 5.91 Å². The van der Waals surface area contributed by atoms with Gasteiger partial charge in [0.2, 0.25) is 0 Å². The van der Waals surface area contributed by atoms with Gasteiger partial charge >= 0.3 is 0 Å². The summed E-state index contributed by atoms with van der Waals surface area (Å²) in [7, 11) is 0. The number of nitrogens with one attached hydrogen (secondary N) is 1. The molecule has 1 amide bonds. The van der Waals surface area contributed by atoms with Gasteiger partial charge in [0.1, 0.15) is 0 Å². The van der Waals surface area contributed by atoms with E-state index >= 15 is 0 Å². The normalized spacial score (nSPS) is 14.8. The number of hydrogen-bond acceptors (Lipinski definition) is 4. The first-order valence-corrected chi connectivity index (χ1v) is 7.51. The topological polar surface area (TPSA) is 58.4 Å². The molecule has 1 aromatic carbocycles. The molecule has 5 heteroatoms. The van der Waals surface area contributed by atoms with Gasteiger partial charge < -0.3 is 0 Å². The maximum atomic E-state index is 11.4. The lowest BCUT2D eigenvalue weighted by molar-refractivity contribution is 0.0953. The van der Waals surface area contributed by atoms with Crippen molar-refractivity contribution in [2.75, 3.05) is 6.54 Å². The van der Waals surface area contributed by atoms with Crippen LogP contribution in [0.4, 0.5) is 0 Å². The molecule has 3 N–H and O–H groups in total. The first-order valence-electron chi connectivity index (χ1n) is 6.64. The van der Waals surface area contributed by atoms with Gasteiger partial charge in [-0.15, -0.1) is 11.3 Å². The van der Waals surface area contributed by atoms with E-state index in [1.165, 1.54) is 16.0 Å². The van der Waals surface area contributed by atoms with Crippen LogP contribution in [-0.4, -0.2) is 17.4 Å². The number of benzene rings is 1. The predicted octanol–water partition coefficient (Wildman–Crippen LogP) is 1.91. The lowest BCUT2D eigenvalue weighted by atomic mass is 10.1. The van der Waals surface area contributed by atoms with Gasteiger partial charge in [-0.2, -0.15) is 0 Å². The Morgan fingerprint density at radius 1 is 1.30 bits per heavy atom. The first kappa shape index (κ1) is 13.3. The molecule has 0 fully saturated rings. The van der Waals surface area contributed by atoms with E-state index in [1.54, 1.807) is 0 Å². The van der Waals surface area contributed by atoms with Crippen LogP contribution >= 0.6 is 11.3 Å². The van der Waals surface area contributed by atoms with Gasteiger partial charge in [-0.1, -0.05) is 12.1 Å². The molecule has 1 aromatic heterocycles. The summed E-state index contributed by atoms with van der Waals surface area (Å²) in [5.41, 5.74) is 5.41. The molecular formula is C15H17N3OS. The summed E-state index contributed by atoms with van der Waals surface area (Å²) < 4.78 is 0. The molecule has 1 aliphatic rings. The van der Waals surface area contributed by atoms with Crippen molar-refractivity contribution >= 4 is 17.2 Å². The third kappa shape index (κ3) is 2.75. The third-order valence-corrected chi connectivity index (χ3v) is 4.66. The molecule has 2 aromatic rings. The molecule has 0 saturated carbocycles. The minimum absolute atomic E-state index is 0.252. The molecule has 2 heterocycles. The molecule has 20 heavy (non-hydrogen) atoms. The SMILES string of the molecule is NNC(=O)c1ccc(CN2CCc3sccc3C2)cc1. The molecule has 0 unspecified atom stereocenters. The van der Waals surface area contributed by atoms with Crippen LogP contribution in [0.1, 0.15) is 26.4 Å². The lowest BCUT2D eigenvalue weighted by Gasteiger charge is -2.26. The van der Waals surface area contributed by atoms with Crippen molar-refractivity contribution < 1.29 is 4.79 Å². The molecule has 0 aliphatic carbocycles. The quantitative estimate of drug-likeness (QED) is 0.515. The van der Waals surface area contributed by atoms with Crippen molar-refractivity contribution in [3.8, 4) is 0 Å². The van der Waals surface area contributed by atoms with Crippen LogP contribution in [0.5, 0.6) is 0 Å². The minimum Gasteiger partial charge on any atom is -0.294 e. The monoisotopic (exact) mass is 287 g/mol. The van der Waals surface area contributed by atoms with Crippen molar-refractivity contribution in [1.82, 2.24) is 10.3 Å². The van der Waals surface area contributed by atoms with Crippen LogP contribution in [0.15, 0.2) is 35.7 Å². The van der Waals surface area contributed by atoms with Crippen LogP contribution in [-0.2, 0) is 19.5 Å². The summed E-state index contributed by atoms with van der Waals surface area (Å²) in [5.74, 6) is 4.87. The highest BCUT2D eigenvalue weighted by Crippen LogP contribution is 2.25. The molecular weight excluding hydrogens is 270 g/mol. The minimum atomic E-state index is -0.252. The molecule has 104 valence electrons. The van der Waals surface area contributed by atoms with E-state index < -0.39 is 0 Å². The smallest absolute Gasteiger partial charge is 0.265 e. The summed E-state index contributed by atoms with van der Waals surface area (Å²) >= 11 is 1.86. The zero-order valence-electron chi connectivity index (χ0n) is 11.1. The summed E-state index contributed by atoms with van der Waals surface area (Å²) in [6.07, 6.45) is 1.14. The zero-order chi connectivity index (χ0) is 13.9. The third-order valence-electron chi connectivity index (χ3n) is 3.64. The molecule has 0 spiro atoms. The Hall–Kier alpha value is -1.69. The van der Waals surface area contributed by atoms with E-state index in [0.29, 0.717) is 5.56 Å². The Morgan fingerprint density at radius 2 is 2.10 bits per heavy atom. The van der Waals surface area contributed by atoms with Gasteiger partial charge in [0.15, 0.2) is 0 Å². The van der Waals surface area contributed by atoms with Crippen LogP contribution in [0.2, 0.25) is 0 Å². The summed E-state index contributed by atoms with van der Waals surface area (Å²) in [6.45, 7) is 3.03. The summed E-state index contributed by atoms with van der Waals surface area (Å²) in [5, 5.41) is 2.17. The fourth-order valence-electron chi connectivity index (χ4n) is 2.54. The zero-order valence-corrected chi connectivity index (χ0v) is 12.0. The fourth-order valence-corrected chi connectivity index (χ4v) is 3.43.